The van der Waals surface area contributed by atoms with Crippen LogP contribution >= 0.6 is 27.3 Å². The summed E-state index contributed by atoms with van der Waals surface area (Å²) >= 11 is 4.79. The Hall–Kier alpha value is -3.36. The van der Waals surface area contributed by atoms with Crippen LogP contribution in [0, 0.1) is 5.92 Å². The number of anilines is 1. The summed E-state index contributed by atoms with van der Waals surface area (Å²) < 4.78 is 0.952. The van der Waals surface area contributed by atoms with E-state index in [0.29, 0.717) is 11.7 Å². The van der Waals surface area contributed by atoms with Crippen LogP contribution in [0.25, 0.3) is 10.6 Å². The maximum Gasteiger partial charge on any atom is 0.227 e. The van der Waals surface area contributed by atoms with Gasteiger partial charge in [-0.05, 0) is 42.5 Å². The highest BCUT2D eigenvalue weighted by atomic mass is 79.9. The van der Waals surface area contributed by atoms with Crippen LogP contribution in [-0.4, -0.2) is 33.5 Å². The van der Waals surface area contributed by atoms with Crippen molar-refractivity contribution in [3.63, 3.8) is 0 Å². The maximum absolute atomic E-state index is 13.6. The fourth-order valence-electron chi connectivity index (χ4n) is 4.57. The average Bonchev–Trinajstić information content (AvgIpc) is 3.60. The molecular formula is C29H27BrN4O2S. The third kappa shape index (κ3) is 6.14. The van der Waals surface area contributed by atoms with Gasteiger partial charge >= 0.3 is 0 Å². The zero-order chi connectivity index (χ0) is 25.8. The molecule has 37 heavy (non-hydrogen) atoms. The molecule has 1 saturated carbocycles. The molecule has 1 heterocycles. The van der Waals surface area contributed by atoms with E-state index in [2.05, 4.69) is 43.6 Å². The van der Waals surface area contributed by atoms with Gasteiger partial charge in [-0.2, -0.15) is 0 Å². The predicted octanol–water partition coefficient (Wildman–Crippen LogP) is 6.69. The number of amides is 2. The minimum absolute atomic E-state index is 0.0486. The molecule has 3 aromatic carbocycles. The Balaban J connectivity index is 1.25. The van der Waals surface area contributed by atoms with E-state index in [0.717, 1.165) is 27.0 Å². The third-order valence-electron chi connectivity index (χ3n) is 6.69. The number of aromatic nitrogens is 2. The van der Waals surface area contributed by atoms with E-state index < -0.39 is 0 Å². The van der Waals surface area contributed by atoms with Gasteiger partial charge < -0.3 is 10.2 Å². The lowest BCUT2D eigenvalue weighted by atomic mass is 10.0. The van der Waals surface area contributed by atoms with E-state index in [1.165, 1.54) is 16.9 Å². The predicted molar refractivity (Wildman–Crippen MR) is 150 cm³/mol. The summed E-state index contributed by atoms with van der Waals surface area (Å²) in [7, 11) is 0. The molecule has 3 atom stereocenters. The number of carbonyl (C=O) groups excluding carboxylic acids is 2. The SMILES string of the molecule is C[C@@H](c1ccccc1)N(CCC(=O)Nc1nnc(-c2cccc(Br)c2)s1)C(=O)[C@H]1C[C@H]1c1ccccc1. The molecule has 0 unspecified atom stereocenters. The van der Waals surface area contributed by atoms with Crippen molar-refractivity contribution in [1.82, 2.24) is 15.1 Å². The molecule has 1 fully saturated rings. The van der Waals surface area contributed by atoms with Crippen molar-refractivity contribution < 1.29 is 9.59 Å². The van der Waals surface area contributed by atoms with E-state index in [1.807, 2.05) is 84.6 Å². The van der Waals surface area contributed by atoms with Crippen LogP contribution in [-0.2, 0) is 9.59 Å². The third-order valence-corrected chi connectivity index (χ3v) is 8.07. The fraction of sp³-hybridized carbons (Fsp3) is 0.241. The second-order valence-corrected chi connectivity index (χ2v) is 11.1. The Morgan fingerprint density at radius 1 is 1.03 bits per heavy atom. The van der Waals surface area contributed by atoms with Crippen molar-refractivity contribution in [2.24, 2.45) is 5.92 Å². The van der Waals surface area contributed by atoms with Gasteiger partial charge in [0.15, 0.2) is 0 Å². The molecule has 1 N–H and O–H groups in total. The van der Waals surface area contributed by atoms with Crippen LogP contribution in [0.1, 0.15) is 42.9 Å². The fourth-order valence-corrected chi connectivity index (χ4v) is 5.73. The van der Waals surface area contributed by atoms with Gasteiger partial charge in [0.2, 0.25) is 16.9 Å². The molecule has 1 aliphatic rings. The zero-order valence-corrected chi connectivity index (χ0v) is 22.8. The van der Waals surface area contributed by atoms with Gasteiger partial charge in [-0.15, -0.1) is 10.2 Å². The molecule has 0 saturated heterocycles. The summed E-state index contributed by atoms with van der Waals surface area (Å²) in [6.45, 7) is 2.36. The number of nitrogens with zero attached hydrogens (tertiary/aromatic N) is 3. The molecule has 0 spiro atoms. The monoisotopic (exact) mass is 574 g/mol. The lowest BCUT2D eigenvalue weighted by Gasteiger charge is -2.30. The number of rotatable bonds is 9. The van der Waals surface area contributed by atoms with Crippen LogP contribution in [0.2, 0.25) is 0 Å². The van der Waals surface area contributed by atoms with Gasteiger partial charge in [-0.3, -0.25) is 9.59 Å². The average molecular weight is 576 g/mol. The number of benzene rings is 3. The van der Waals surface area contributed by atoms with Crippen LogP contribution in [0.4, 0.5) is 5.13 Å². The normalized spacial score (nSPS) is 17.1. The number of carbonyl (C=O) groups is 2. The quantitative estimate of drug-likeness (QED) is 0.241. The highest BCUT2D eigenvalue weighted by Gasteiger charge is 2.46. The van der Waals surface area contributed by atoms with E-state index >= 15 is 0 Å². The maximum atomic E-state index is 13.6. The summed E-state index contributed by atoms with van der Waals surface area (Å²) in [5.74, 6) is 0.106. The van der Waals surface area contributed by atoms with Crippen molar-refractivity contribution >= 4 is 44.2 Å². The topological polar surface area (TPSA) is 75.2 Å². The zero-order valence-electron chi connectivity index (χ0n) is 20.4. The highest BCUT2D eigenvalue weighted by Crippen LogP contribution is 2.49. The molecule has 1 aromatic heterocycles. The largest absolute Gasteiger partial charge is 0.335 e. The molecular weight excluding hydrogens is 548 g/mol. The Labute approximate surface area is 228 Å². The van der Waals surface area contributed by atoms with Gasteiger partial charge in [-0.25, -0.2) is 0 Å². The first-order valence-corrected chi connectivity index (χ1v) is 13.9. The van der Waals surface area contributed by atoms with Crippen molar-refractivity contribution in [2.75, 3.05) is 11.9 Å². The van der Waals surface area contributed by atoms with E-state index in [4.69, 9.17) is 0 Å². The number of nitrogens with one attached hydrogen (secondary N) is 1. The second-order valence-electron chi connectivity index (χ2n) is 9.20. The first-order valence-electron chi connectivity index (χ1n) is 12.3. The van der Waals surface area contributed by atoms with Gasteiger partial charge in [0.25, 0.3) is 0 Å². The van der Waals surface area contributed by atoms with Crippen molar-refractivity contribution in [3.8, 4) is 10.6 Å². The van der Waals surface area contributed by atoms with Gasteiger partial charge in [0, 0.05) is 28.9 Å². The number of halogens is 1. The molecule has 0 bridgehead atoms. The standard InChI is InChI=1S/C29H27BrN4O2S/c1-19(20-9-4-2-5-10-20)34(28(36)25-18-24(25)21-11-6-3-7-12-21)16-15-26(35)31-29-33-32-27(37-29)22-13-8-14-23(30)17-22/h2-14,17,19,24-25H,15-16,18H2,1H3,(H,31,33,35)/t19-,24-,25-/m0/s1. The summed E-state index contributed by atoms with van der Waals surface area (Å²) in [4.78, 5) is 28.3. The highest BCUT2D eigenvalue weighted by molar-refractivity contribution is 9.10. The van der Waals surface area contributed by atoms with Gasteiger partial charge in [0.05, 0.1) is 6.04 Å². The Kier molecular flexibility index (Phi) is 7.76. The number of hydrogen-bond acceptors (Lipinski definition) is 5. The van der Waals surface area contributed by atoms with Crippen LogP contribution < -0.4 is 5.32 Å². The summed E-state index contributed by atoms with van der Waals surface area (Å²) in [6, 6.07) is 27.8. The smallest absolute Gasteiger partial charge is 0.227 e. The minimum Gasteiger partial charge on any atom is -0.335 e. The van der Waals surface area contributed by atoms with E-state index in [9.17, 15) is 9.59 Å². The molecule has 6 nitrogen and oxygen atoms in total. The van der Waals surface area contributed by atoms with Crippen molar-refractivity contribution in [1.29, 1.82) is 0 Å². The van der Waals surface area contributed by atoms with Crippen LogP contribution in [0.5, 0.6) is 0 Å². The lowest BCUT2D eigenvalue weighted by molar-refractivity contribution is -0.135. The van der Waals surface area contributed by atoms with Gasteiger partial charge in [0.1, 0.15) is 5.01 Å². The molecule has 8 heteroatoms. The summed E-state index contributed by atoms with van der Waals surface area (Å²) in [5, 5.41) is 12.4. The Morgan fingerprint density at radius 2 is 1.76 bits per heavy atom. The van der Waals surface area contributed by atoms with Gasteiger partial charge in [-0.1, -0.05) is 100 Å². The molecule has 2 amide bonds. The van der Waals surface area contributed by atoms with Crippen molar-refractivity contribution in [3.05, 3.63) is 101 Å². The second kappa shape index (κ2) is 11.4. The first-order chi connectivity index (χ1) is 18.0. The minimum atomic E-state index is -0.189. The Morgan fingerprint density at radius 3 is 2.49 bits per heavy atom. The van der Waals surface area contributed by atoms with E-state index in [1.54, 1.807) is 0 Å². The van der Waals surface area contributed by atoms with E-state index in [-0.39, 0.29) is 36.1 Å². The molecule has 188 valence electrons. The number of hydrogen-bond donors (Lipinski definition) is 1. The first kappa shape index (κ1) is 25.3. The molecule has 0 aliphatic heterocycles. The van der Waals surface area contributed by atoms with Crippen LogP contribution in [0.3, 0.4) is 0 Å². The van der Waals surface area contributed by atoms with Crippen molar-refractivity contribution in [2.45, 2.75) is 31.7 Å². The molecule has 4 aromatic rings. The van der Waals surface area contributed by atoms with Crippen LogP contribution in [0.15, 0.2) is 89.4 Å². The molecule has 5 rings (SSSR count). The lowest BCUT2D eigenvalue weighted by Crippen LogP contribution is -2.37. The summed E-state index contributed by atoms with van der Waals surface area (Å²) in [6.07, 6.45) is 1.02. The molecule has 1 aliphatic carbocycles. The Bertz CT molecular complexity index is 1380. The molecule has 0 radical (unpaired) electrons. The summed E-state index contributed by atoms with van der Waals surface area (Å²) in [5.41, 5.74) is 3.18.